The molecule has 2 aromatic rings. The lowest BCUT2D eigenvalue weighted by molar-refractivity contribution is 0.989. The van der Waals surface area contributed by atoms with E-state index in [9.17, 15) is 0 Å². The molecule has 0 amide bonds. The minimum atomic E-state index is 0.587. The van der Waals surface area contributed by atoms with E-state index in [1.807, 2.05) is 30.3 Å². The van der Waals surface area contributed by atoms with Crippen LogP contribution in [0.1, 0.15) is 5.56 Å². The molecule has 2 rings (SSSR count). The van der Waals surface area contributed by atoms with Gasteiger partial charge in [0.15, 0.2) is 5.11 Å². The van der Waals surface area contributed by atoms with Crippen LogP contribution in [0, 0.1) is 0 Å². The standard InChI is InChI=1S/C15H15Cl2N3S2/c16-13-4-1-5-14(17)12(13)10-22-8-7-19-15(21)20-11-3-2-6-18-9-11/h1-6,9H,7-8,10H2,(H2,19,20,21). The van der Waals surface area contributed by atoms with E-state index < -0.39 is 0 Å². The lowest BCUT2D eigenvalue weighted by Gasteiger charge is -2.10. The van der Waals surface area contributed by atoms with Crippen molar-refractivity contribution in [3.05, 3.63) is 58.3 Å². The number of nitrogens with zero attached hydrogens (tertiary/aromatic N) is 1. The van der Waals surface area contributed by atoms with Gasteiger partial charge in [-0.05, 0) is 42.0 Å². The molecule has 0 aliphatic heterocycles. The van der Waals surface area contributed by atoms with Gasteiger partial charge in [0.25, 0.3) is 0 Å². The molecule has 0 aliphatic carbocycles. The lowest BCUT2D eigenvalue weighted by atomic mass is 10.2. The van der Waals surface area contributed by atoms with E-state index in [2.05, 4.69) is 15.6 Å². The minimum Gasteiger partial charge on any atom is -0.362 e. The molecule has 0 aliphatic rings. The zero-order valence-electron chi connectivity index (χ0n) is 11.7. The molecule has 1 aromatic heterocycles. The number of nitrogens with one attached hydrogen (secondary N) is 2. The van der Waals surface area contributed by atoms with E-state index in [0.29, 0.717) is 15.2 Å². The average Bonchev–Trinajstić information content (AvgIpc) is 2.50. The number of thiocarbonyl (C=S) groups is 1. The minimum absolute atomic E-state index is 0.587. The van der Waals surface area contributed by atoms with Gasteiger partial charge in [0, 0.05) is 34.3 Å². The van der Waals surface area contributed by atoms with Crippen LogP contribution in [0.25, 0.3) is 0 Å². The average molecular weight is 372 g/mol. The van der Waals surface area contributed by atoms with E-state index in [-0.39, 0.29) is 0 Å². The summed E-state index contributed by atoms with van der Waals surface area (Å²) in [5.41, 5.74) is 1.85. The molecular formula is C15H15Cl2N3S2. The third-order valence-electron chi connectivity index (χ3n) is 2.76. The molecule has 0 bridgehead atoms. The molecular weight excluding hydrogens is 357 g/mol. The number of hydrogen-bond donors (Lipinski definition) is 2. The van der Waals surface area contributed by atoms with Gasteiger partial charge in [-0.2, -0.15) is 11.8 Å². The van der Waals surface area contributed by atoms with E-state index in [1.54, 1.807) is 24.2 Å². The smallest absolute Gasteiger partial charge is 0.170 e. The molecule has 1 heterocycles. The van der Waals surface area contributed by atoms with E-state index in [0.717, 1.165) is 29.3 Å². The van der Waals surface area contributed by atoms with Crippen molar-refractivity contribution < 1.29 is 0 Å². The zero-order valence-corrected chi connectivity index (χ0v) is 14.8. The topological polar surface area (TPSA) is 37.0 Å². The Kier molecular flexibility index (Phi) is 7.25. The molecule has 0 fully saturated rings. The van der Waals surface area contributed by atoms with Gasteiger partial charge in [0.1, 0.15) is 0 Å². The van der Waals surface area contributed by atoms with Gasteiger partial charge in [-0.1, -0.05) is 29.3 Å². The number of thioether (sulfide) groups is 1. The Bertz CT molecular complexity index is 603. The Balaban J connectivity index is 1.66. The molecule has 1 aromatic carbocycles. The van der Waals surface area contributed by atoms with Crippen LogP contribution in [0.4, 0.5) is 5.69 Å². The number of rotatable bonds is 6. The highest BCUT2D eigenvalue weighted by Gasteiger charge is 2.05. The van der Waals surface area contributed by atoms with Crippen LogP contribution in [-0.4, -0.2) is 22.4 Å². The van der Waals surface area contributed by atoms with E-state index in [4.69, 9.17) is 35.4 Å². The largest absolute Gasteiger partial charge is 0.362 e. The molecule has 0 radical (unpaired) electrons. The molecule has 0 saturated heterocycles. The van der Waals surface area contributed by atoms with Crippen LogP contribution in [-0.2, 0) is 5.75 Å². The van der Waals surface area contributed by atoms with Gasteiger partial charge in [0.2, 0.25) is 0 Å². The molecule has 0 unspecified atom stereocenters. The molecule has 2 N–H and O–H groups in total. The first-order chi connectivity index (χ1) is 10.7. The lowest BCUT2D eigenvalue weighted by Crippen LogP contribution is -2.30. The van der Waals surface area contributed by atoms with Gasteiger partial charge in [0.05, 0.1) is 11.9 Å². The first kappa shape index (κ1) is 17.3. The predicted octanol–water partition coefficient (Wildman–Crippen LogP) is 4.61. The Morgan fingerprint density at radius 2 is 1.95 bits per heavy atom. The fourth-order valence-electron chi connectivity index (χ4n) is 1.69. The highest BCUT2D eigenvalue weighted by molar-refractivity contribution is 7.98. The number of halogens is 2. The second-order valence-corrected chi connectivity index (χ2v) is 6.70. The Morgan fingerprint density at radius 1 is 1.18 bits per heavy atom. The molecule has 0 spiro atoms. The fourth-order valence-corrected chi connectivity index (χ4v) is 3.51. The second kappa shape index (κ2) is 9.20. The monoisotopic (exact) mass is 371 g/mol. The maximum absolute atomic E-state index is 6.13. The summed E-state index contributed by atoms with van der Waals surface area (Å²) in [5, 5.41) is 8.23. The van der Waals surface area contributed by atoms with Crippen LogP contribution in [0.15, 0.2) is 42.7 Å². The first-order valence-corrected chi connectivity index (χ1v) is 8.94. The Hall–Kier alpha value is -1.01. The van der Waals surface area contributed by atoms with Crippen molar-refractivity contribution in [1.29, 1.82) is 0 Å². The van der Waals surface area contributed by atoms with Crippen LogP contribution in [0.2, 0.25) is 10.0 Å². The molecule has 7 heteroatoms. The summed E-state index contributed by atoms with van der Waals surface area (Å²) < 4.78 is 0. The van der Waals surface area contributed by atoms with Gasteiger partial charge in [-0.3, -0.25) is 4.98 Å². The van der Waals surface area contributed by atoms with Crippen LogP contribution < -0.4 is 10.6 Å². The third kappa shape index (κ3) is 5.65. The molecule has 22 heavy (non-hydrogen) atoms. The van der Waals surface area contributed by atoms with E-state index in [1.165, 1.54) is 0 Å². The van der Waals surface area contributed by atoms with E-state index >= 15 is 0 Å². The van der Waals surface area contributed by atoms with Crippen molar-refractivity contribution in [3.8, 4) is 0 Å². The quantitative estimate of drug-likeness (QED) is 0.572. The van der Waals surface area contributed by atoms with Crippen LogP contribution >= 0.6 is 47.2 Å². The van der Waals surface area contributed by atoms with Crippen molar-refractivity contribution >= 4 is 58.0 Å². The van der Waals surface area contributed by atoms with Gasteiger partial charge >= 0.3 is 0 Å². The number of anilines is 1. The summed E-state index contributed by atoms with van der Waals surface area (Å²) in [6.45, 7) is 0.763. The van der Waals surface area contributed by atoms with Crippen molar-refractivity contribution in [2.24, 2.45) is 0 Å². The molecule has 116 valence electrons. The second-order valence-electron chi connectivity index (χ2n) is 4.38. The van der Waals surface area contributed by atoms with Crippen LogP contribution in [0.5, 0.6) is 0 Å². The summed E-state index contributed by atoms with van der Waals surface area (Å²) in [6.07, 6.45) is 3.44. The van der Waals surface area contributed by atoms with Crippen molar-refractivity contribution in [2.75, 3.05) is 17.6 Å². The van der Waals surface area contributed by atoms with Crippen LogP contribution in [0.3, 0.4) is 0 Å². The summed E-state index contributed by atoms with van der Waals surface area (Å²) >= 11 is 19.2. The number of pyridine rings is 1. The molecule has 0 atom stereocenters. The molecule has 0 saturated carbocycles. The number of aromatic nitrogens is 1. The predicted molar refractivity (Wildman–Crippen MR) is 101 cm³/mol. The highest BCUT2D eigenvalue weighted by atomic mass is 35.5. The number of benzene rings is 1. The maximum Gasteiger partial charge on any atom is 0.170 e. The SMILES string of the molecule is S=C(NCCSCc1c(Cl)cccc1Cl)Nc1cccnc1. The Labute approximate surface area is 149 Å². The van der Waals surface area contributed by atoms with Crippen molar-refractivity contribution in [1.82, 2.24) is 10.3 Å². The van der Waals surface area contributed by atoms with Gasteiger partial charge in [-0.25, -0.2) is 0 Å². The summed E-state index contributed by atoms with van der Waals surface area (Å²) in [6, 6.07) is 9.33. The summed E-state index contributed by atoms with van der Waals surface area (Å²) in [5.74, 6) is 1.68. The third-order valence-corrected chi connectivity index (χ3v) is 4.70. The number of hydrogen-bond acceptors (Lipinski definition) is 3. The van der Waals surface area contributed by atoms with Crippen molar-refractivity contribution in [2.45, 2.75) is 5.75 Å². The normalized spacial score (nSPS) is 10.3. The first-order valence-electron chi connectivity index (χ1n) is 6.62. The van der Waals surface area contributed by atoms with Gasteiger partial charge < -0.3 is 10.6 Å². The zero-order chi connectivity index (χ0) is 15.8. The summed E-state index contributed by atoms with van der Waals surface area (Å²) in [7, 11) is 0. The van der Waals surface area contributed by atoms with Gasteiger partial charge in [-0.15, -0.1) is 0 Å². The Morgan fingerprint density at radius 3 is 2.64 bits per heavy atom. The summed E-state index contributed by atoms with van der Waals surface area (Å²) in [4.78, 5) is 4.02. The fraction of sp³-hybridized carbons (Fsp3) is 0.200. The highest BCUT2D eigenvalue weighted by Crippen LogP contribution is 2.27. The van der Waals surface area contributed by atoms with Crippen molar-refractivity contribution in [3.63, 3.8) is 0 Å². The maximum atomic E-state index is 6.13. The molecule has 3 nitrogen and oxygen atoms in total.